The summed E-state index contributed by atoms with van der Waals surface area (Å²) >= 11 is 0.995. The molecular formula is C26H42O9S2. The van der Waals surface area contributed by atoms with Crippen LogP contribution in [0.1, 0.15) is 78.6 Å². The molecule has 1 aliphatic heterocycles. The Morgan fingerprint density at radius 2 is 1.86 bits per heavy atom. The summed E-state index contributed by atoms with van der Waals surface area (Å²) in [5.74, 6) is -1.01. The van der Waals surface area contributed by atoms with Gasteiger partial charge in [0.25, 0.3) is 10.1 Å². The number of hydrogen-bond acceptors (Lipinski definition) is 10. The average molecular weight is 563 g/mol. The van der Waals surface area contributed by atoms with Crippen LogP contribution in [-0.2, 0) is 42.9 Å². The number of carbonyl (C=O) groups excluding carboxylic acids is 3. The molecule has 1 aliphatic rings. The fourth-order valence-corrected chi connectivity index (χ4v) is 5.56. The summed E-state index contributed by atoms with van der Waals surface area (Å²) in [7, 11) is -2.41. The van der Waals surface area contributed by atoms with Gasteiger partial charge in [0.1, 0.15) is 11.5 Å². The molecule has 5 atom stereocenters. The lowest BCUT2D eigenvalue weighted by atomic mass is 9.87. The number of carbonyl (C=O) groups is 3. The number of allylic oxidation sites excluding steroid dienone is 2. The highest BCUT2D eigenvalue weighted by Gasteiger charge is 2.40. The van der Waals surface area contributed by atoms with Crippen molar-refractivity contribution in [1.29, 1.82) is 0 Å². The lowest BCUT2D eigenvalue weighted by Crippen LogP contribution is -2.44. The highest BCUT2D eigenvalue weighted by Crippen LogP contribution is 2.37. The zero-order chi connectivity index (χ0) is 27.8. The third kappa shape index (κ3) is 15.3. The predicted octanol–water partition coefficient (Wildman–Crippen LogP) is 4.70. The summed E-state index contributed by atoms with van der Waals surface area (Å²) in [6.45, 7) is 4.88. The van der Waals surface area contributed by atoms with E-state index >= 15 is 0 Å². The number of hydrogen-bond donors (Lipinski definition) is 0. The Hall–Kier alpha value is -1.69. The first-order valence-corrected chi connectivity index (χ1v) is 15.4. The van der Waals surface area contributed by atoms with Crippen molar-refractivity contribution in [2.24, 2.45) is 5.92 Å². The van der Waals surface area contributed by atoms with Gasteiger partial charge in [0.05, 0.1) is 25.6 Å². The second-order valence-electron chi connectivity index (χ2n) is 9.08. The summed E-state index contributed by atoms with van der Waals surface area (Å²) < 4.78 is 45.9. The van der Waals surface area contributed by atoms with Gasteiger partial charge in [-0.05, 0) is 38.2 Å². The summed E-state index contributed by atoms with van der Waals surface area (Å²) in [6.07, 6.45) is 12.6. The molecule has 0 bridgehead atoms. The van der Waals surface area contributed by atoms with E-state index < -0.39 is 33.9 Å². The van der Waals surface area contributed by atoms with E-state index in [9.17, 15) is 22.8 Å². The molecule has 0 spiro atoms. The molecule has 37 heavy (non-hydrogen) atoms. The number of methoxy groups -OCH3 is 1. The molecule has 1 unspecified atom stereocenters. The Bertz CT molecular complexity index is 882. The van der Waals surface area contributed by atoms with Crippen LogP contribution >= 0.6 is 11.8 Å². The van der Waals surface area contributed by atoms with Crippen molar-refractivity contribution in [3.63, 3.8) is 0 Å². The van der Waals surface area contributed by atoms with Crippen molar-refractivity contribution in [3.8, 4) is 0 Å². The molecule has 212 valence electrons. The highest BCUT2D eigenvalue weighted by atomic mass is 32.2. The fraction of sp³-hybridized carbons (Fsp3) is 0.731. The van der Waals surface area contributed by atoms with Gasteiger partial charge in [0.15, 0.2) is 5.12 Å². The predicted molar refractivity (Wildman–Crippen MR) is 143 cm³/mol. The first-order chi connectivity index (χ1) is 17.4. The van der Waals surface area contributed by atoms with E-state index in [2.05, 4.69) is 11.7 Å². The number of esters is 2. The molecule has 0 amide bonds. The molecular weight excluding hydrogens is 520 g/mol. The molecule has 1 fully saturated rings. The van der Waals surface area contributed by atoms with E-state index in [-0.39, 0.29) is 29.4 Å². The number of thioether (sulfide) groups is 1. The topological polar surface area (TPSA) is 122 Å². The van der Waals surface area contributed by atoms with Gasteiger partial charge in [-0.2, -0.15) is 8.42 Å². The average Bonchev–Trinajstić information content (AvgIpc) is 2.78. The number of ether oxygens (including phenoxy) is 3. The molecule has 0 N–H and O–H groups in total. The molecule has 0 aromatic heterocycles. The van der Waals surface area contributed by atoms with E-state index in [1.807, 2.05) is 12.2 Å². The molecule has 1 saturated heterocycles. The van der Waals surface area contributed by atoms with Crippen molar-refractivity contribution in [1.82, 2.24) is 0 Å². The molecule has 0 aliphatic carbocycles. The van der Waals surface area contributed by atoms with Gasteiger partial charge in [-0.25, -0.2) is 0 Å². The maximum atomic E-state index is 12.0. The highest BCUT2D eigenvalue weighted by molar-refractivity contribution is 8.13. The summed E-state index contributed by atoms with van der Waals surface area (Å²) in [5, 5.41) is -0.146. The van der Waals surface area contributed by atoms with Crippen molar-refractivity contribution in [2.75, 3.05) is 13.4 Å². The third-order valence-corrected chi connectivity index (χ3v) is 7.20. The zero-order valence-electron chi connectivity index (χ0n) is 22.6. The smallest absolute Gasteiger partial charge is 0.305 e. The minimum absolute atomic E-state index is 0.146. The normalized spacial score (nSPS) is 23.3. The SMILES string of the molecule is CCCCC[C@@H](/C=C/C1O[C@H](SC(C)=O)C[C@@H](OS(C)(=O)=O)[C@@H]1C/C=C\CCCC(=O)OC)OC(C)=O. The Morgan fingerprint density at radius 1 is 1.14 bits per heavy atom. The Morgan fingerprint density at radius 3 is 2.46 bits per heavy atom. The van der Waals surface area contributed by atoms with Crippen LogP contribution in [0.3, 0.4) is 0 Å². The lowest BCUT2D eigenvalue weighted by molar-refractivity contribution is -0.144. The van der Waals surface area contributed by atoms with E-state index in [1.165, 1.54) is 21.0 Å². The van der Waals surface area contributed by atoms with Crippen LogP contribution in [0.2, 0.25) is 0 Å². The van der Waals surface area contributed by atoms with Gasteiger partial charge in [-0.3, -0.25) is 18.6 Å². The van der Waals surface area contributed by atoms with Gasteiger partial charge in [-0.1, -0.05) is 49.8 Å². The van der Waals surface area contributed by atoms with Crippen LogP contribution < -0.4 is 0 Å². The maximum absolute atomic E-state index is 12.0. The van der Waals surface area contributed by atoms with Crippen LogP contribution in [0.15, 0.2) is 24.3 Å². The first-order valence-electron chi connectivity index (χ1n) is 12.7. The summed E-state index contributed by atoms with van der Waals surface area (Å²) in [4.78, 5) is 34.7. The number of rotatable bonds is 16. The van der Waals surface area contributed by atoms with Crippen LogP contribution in [0, 0.1) is 5.92 Å². The molecule has 0 aromatic rings. The second-order valence-corrected chi connectivity index (χ2v) is 12.0. The van der Waals surface area contributed by atoms with Crippen molar-refractivity contribution in [2.45, 2.75) is 102 Å². The molecule has 1 heterocycles. The van der Waals surface area contributed by atoms with Gasteiger partial charge in [0.2, 0.25) is 0 Å². The zero-order valence-corrected chi connectivity index (χ0v) is 24.2. The summed E-state index contributed by atoms with van der Waals surface area (Å²) in [6, 6.07) is 0. The molecule has 1 rings (SSSR count). The molecule has 0 aromatic carbocycles. The van der Waals surface area contributed by atoms with Crippen LogP contribution in [0.4, 0.5) is 0 Å². The molecule has 9 nitrogen and oxygen atoms in total. The van der Waals surface area contributed by atoms with E-state index in [4.69, 9.17) is 13.7 Å². The largest absolute Gasteiger partial charge is 0.469 e. The van der Waals surface area contributed by atoms with E-state index in [0.29, 0.717) is 32.1 Å². The molecule has 0 radical (unpaired) electrons. The monoisotopic (exact) mass is 562 g/mol. The standard InChI is InChI=1S/C26H42O9S2/c1-6-7-10-13-21(33-19(2)27)16-17-23-22(14-11-8-9-12-15-25(29)32-4)24(35-37(5,30)31)18-26(34-23)36-20(3)28/h8,11,16-17,21-24,26H,6-7,9-10,12-15,18H2,1-5H3/b11-8-,17-16+/t21-,22+,23?,24+,26+/m0/s1. The van der Waals surface area contributed by atoms with Crippen LogP contribution in [0.5, 0.6) is 0 Å². The van der Waals surface area contributed by atoms with Crippen molar-refractivity contribution < 1.29 is 41.2 Å². The van der Waals surface area contributed by atoms with Gasteiger partial charge < -0.3 is 14.2 Å². The van der Waals surface area contributed by atoms with Gasteiger partial charge >= 0.3 is 11.9 Å². The fourth-order valence-electron chi connectivity index (χ4n) is 4.05. The quantitative estimate of drug-likeness (QED) is 0.113. The van der Waals surface area contributed by atoms with Gasteiger partial charge in [-0.15, -0.1) is 0 Å². The van der Waals surface area contributed by atoms with E-state index in [0.717, 1.165) is 37.3 Å². The molecule has 11 heteroatoms. The van der Waals surface area contributed by atoms with E-state index in [1.54, 1.807) is 12.2 Å². The van der Waals surface area contributed by atoms with Crippen molar-refractivity contribution in [3.05, 3.63) is 24.3 Å². The number of unbranched alkanes of at least 4 members (excludes halogenated alkanes) is 3. The minimum Gasteiger partial charge on any atom is -0.469 e. The Kier molecular flexibility index (Phi) is 16.0. The third-order valence-electron chi connectivity index (χ3n) is 5.71. The second kappa shape index (κ2) is 17.8. The van der Waals surface area contributed by atoms with Crippen LogP contribution in [-0.4, -0.2) is 62.6 Å². The van der Waals surface area contributed by atoms with Crippen molar-refractivity contribution >= 4 is 38.9 Å². The Balaban J connectivity index is 3.13. The summed E-state index contributed by atoms with van der Waals surface area (Å²) in [5.41, 5.74) is -0.577. The Labute approximate surface area is 225 Å². The minimum atomic E-state index is -3.76. The van der Waals surface area contributed by atoms with Crippen LogP contribution in [0.25, 0.3) is 0 Å². The first kappa shape index (κ1) is 33.3. The maximum Gasteiger partial charge on any atom is 0.305 e. The lowest BCUT2D eigenvalue weighted by Gasteiger charge is -2.39. The van der Waals surface area contributed by atoms with Gasteiger partial charge in [0, 0.05) is 32.6 Å². The molecule has 0 saturated carbocycles.